The Morgan fingerprint density at radius 3 is 0.753 bits per heavy atom. The summed E-state index contributed by atoms with van der Waals surface area (Å²) in [4.78, 5) is 38.4. The molecule has 0 aliphatic heterocycles. The summed E-state index contributed by atoms with van der Waals surface area (Å²) in [6.45, 7) is 6.56. The number of hydrogen-bond donors (Lipinski definition) is 0. The number of hydrogen-bond acceptors (Lipinski definition) is 6. The first-order chi connectivity index (χ1) is 40.0. The predicted octanol–water partition coefficient (Wildman–Crippen LogP) is 24.2. The van der Waals surface area contributed by atoms with Crippen molar-refractivity contribution in [3.05, 3.63) is 85.1 Å². The first-order valence-electron chi connectivity index (χ1n) is 35.1. The van der Waals surface area contributed by atoms with Gasteiger partial charge in [-0.2, -0.15) is 0 Å². The molecular weight excluding hydrogens is 997 g/mol. The second-order valence-corrected chi connectivity index (χ2v) is 23.4. The highest BCUT2D eigenvalue weighted by Crippen LogP contribution is 2.18. The van der Waals surface area contributed by atoms with Crippen molar-refractivity contribution >= 4 is 17.9 Å². The molecule has 0 rings (SSSR count). The van der Waals surface area contributed by atoms with Crippen LogP contribution < -0.4 is 0 Å². The molecule has 6 nitrogen and oxygen atoms in total. The van der Waals surface area contributed by atoms with Crippen LogP contribution in [0.5, 0.6) is 0 Å². The number of ether oxygens (including phenoxy) is 3. The minimum absolute atomic E-state index is 0.0780. The van der Waals surface area contributed by atoms with E-state index in [1.54, 1.807) is 0 Å². The quantitative estimate of drug-likeness (QED) is 0.0261. The molecule has 0 amide bonds. The van der Waals surface area contributed by atoms with Gasteiger partial charge in [0.25, 0.3) is 0 Å². The molecule has 81 heavy (non-hydrogen) atoms. The number of rotatable bonds is 64. The molecule has 468 valence electrons. The summed E-state index contributed by atoms with van der Waals surface area (Å²) in [5.41, 5.74) is 0. The first kappa shape index (κ1) is 77.6. The second-order valence-electron chi connectivity index (χ2n) is 23.4. The topological polar surface area (TPSA) is 78.9 Å². The van der Waals surface area contributed by atoms with E-state index in [1.165, 1.54) is 193 Å². The van der Waals surface area contributed by atoms with Crippen LogP contribution in [0.1, 0.15) is 355 Å². The zero-order valence-electron chi connectivity index (χ0n) is 53.8. The van der Waals surface area contributed by atoms with Crippen molar-refractivity contribution < 1.29 is 28.6 Å². The Balaban J connectivity index is 4.30. The lowest BCUT2D eigenvalue weighted by atomic mass is 10.0. The summed E-state index contributed by atoms with van der Waals surface area (Å²) in [5.74, 6) is -0.878. The van der Waals surface area contributed by atoms with Crippen molar-refractivity contribution in [1.29, 1.82) is 0 Å². The third-order valence-electron chi connectivity index (χ3n) is 15.4. The van der Waals surface area contributed by atoms with Gasteiger partial charge in [0.1, 0.15) is 13.2 Å². The summed E-state index contributed by atoms with van der Waals surface area (Å²) in [5, 5.41) is 0. The van der Waals surface area contributed by atoms with E-state index >= 15 is 0 Å². The average Bonchev–Trinajstić information content (AvgIpc) is 3.47. The van der Waals surface area contributed by atoms with Crippen molar-refractivity contribution in [3.8, 4) is 0 Å². The molecule has 0 aromatic rings. The molecule has 0 saturated carbocycles. The van der Waals surface area contributed by atoms with Gasteiger partial charge in [-0.15, -0.1) is 0 Å². The third kappa shape index (κ3) is 67.3. The van der Waals surface area contributed by atoms with Crippen LogP contribution in [0.4, 0.5) is 0 Å². The fraction of sp³-hybridized carbons (Fsp3) is 0.773. The zero-order chi connectivity index (χ0) is 58.5. The van der Waals surface area contributed by atoms with Gasteiger partial charge in [0.05, 0.1) is 0 Å². The lowest BCUT2D eigenvalue weighted by Gasteiger charge is -2.18. The zero-order valence-corrected chi connectivity index (χ0v) is 53.8. The summed E-state index contributed by atoms with van der Waals surface area (Å²) in [6.07, 6.45) is 91.8. The summed E-state index contributed by atoms with van der Waals surface area (Å²) < 4.78 is 17.0. The number of carbonyl (C=O) groups is 3. The lowest BCUT2D eigenvalue weighted by Crippen LogP contribution is -2.30. The van der Waals surface area contributed by atoms with E-state index in [1.807, 2.05) is 0 Å². The fourth-order valence-corrected chi connectivity index (χ4v) is 10.2. The molecule has 0 aliphatic carbocycles. The van der Waals surface area contributed by atoms with Crippen LogP contribution in [-0.4, -0.2) is 37.2 Å². The molecule has 0 saturated heterocycles. The van der Waals surface area contributed by atoms with Crippen LogP contribution in [0.25, 0.3) is 0 Å². The molecule has 0 aromatic heterocycles. The van der Waals surface area contributed by atoms with Gasteiger partial charge in [-0.05, 0) is 77.0 Å². The van der Waals surface area contributed by atoms with E-state index in [-0.39, 0.29) is 31.1 Å². The maximum atomic E-state index is 12.9. The van der Waals surface area contributed by atoms with Crippen molar-refractivity contribution in [3.63, 3.8) is 0 Å². The predicted molar refractivity (Wildman–Crippen MR) is 353 cm³/mol. The van der Waals surface area contributed by atoms with E-state index in [4.69, 9.17) is 14.2 Å². The Bertz CT molecular complexity index is 1530. The molecule has 0 heterocycles. The van der Waals surface area contributed by atoms with E-state index in [9.17, 15) is 14.4 Å². The Kier molecular flexibility index (Phi) is 66.2. The van der Waals surface area contributed by atoms with Gasteiger partial charge in [-0.3, -0.25) is 14.4 Å². The number of carbonyl (C=O) groups excluding carboxylic acids is 3. The van der Waals surface area contributed by atoms with Crippen LogP contribution >= 0.6 is 0 Å². The summed E-state index contributed by atoms with van der Waals surface area (Å²) >= 11 is 0. The summed E-state index contributed by atoms with van der Waals surface area (Å²) in [6, 6.07) is 0. The van der Waals surface area contributed by atoms with Gasteiger partial charge in [0.15, 0.2) is 6.10 Å². The smallest absolute Gasteiger partial charge is 0.306 e. The second kappa shape index (κ2) is 69.1. The highest BCUT2D eigenvalue weighted by molar-refractivity contribution is 5.71. The average molecular weight is 1130 g/mol. The van der Waals surface area contributed by atoms with Crippen molar-refractivity contribution in [1.82, 2.24) is 0 Å². The molecule has 0 spiro atoms. The largest absolute Gasteiger partial charge is 0.462 e. The molecule has 1 atom stereocenters. The van der Waals surface area contributed by atoms with Gasteiger partial charge in [0.2, 0.25) is 0 Å². The van der Waals surface area contributed by atoms with Gasteiger partial charge in [-0.1, -0.05) is 343 Å². The molecule has 0 aliphatic rings. The van der Waals surface area contributed by atoms with Crippen LogP contribution in [-0.2, 0) is 28.6 Å². The highest BCUT2D eigenvalue weighted by atomic mass is 16.6. The van der Waals surface area contributed by atoms with Crippen LogP contribution in [0.3, 0.4) is 0 Å². The Morgan fingerprint density at radius 1 is 0.259 bits per heavy atom. The van der Waals surface area contributed by atoms with Gasteiger partial charge in [-0.25, -0.2) is 0 Å². The third-order valence-corrected chi connectivity index (χ3v) is 15.4. The van der Waals surface area contributed by atoms with E-state index in [0.29, 0.717) is 19.3 Å². The minimum atomic E-state index is -0.783. The van der Waals surface area contributed by atoms with Crippen molar-refractivity contribution in [2.75, 3.05) is 13.2 Å². The molecule has 0 N–H and O–H groups in total. The fourth-order valence-electron chi connectivity index (χ4n) is 10.2. The molecule has 0 aromatic carbocycles. The molecule has 1 unspecified atom stereocenters. The van der Waals surface area contributed by atoms with Crippen molar-refractivity contribution in [2.24, 2.45) is 0 Å². The monoisotopic (exact) mass is 1130 g/mol. The Morgan fingerprint density at radius 2 is 0.481 bits per heavy atom. The van der Waals surface area contributed by atoms with E-state index < -0.39 is 6.10 Å². The Labute approximate surface area is 503 Å². The molecular formula is C75H132O6. The number of unbranched alkanes of at least 4 members (excludes halogenated alkanes) is 39. The van der Waals surface area contributed by atoms with Crippen LogP contribution in [0, 0.1) is 0 Å². The maximum Gasteiger partial charge on any atom is 0.306 e. The summed E-state index contributed by atoms with van der Waals surface area (Å²) in [7, 11) is 0. The van der Waals surface area contributed by atoms with Gasteiger partial charge < -0.3 is 14.2 Å². The van der Waals surface area contributed by atoms with Gasteiger partial charge in [0, 0.05) is 19.3 Å². The molecule has 6 heteroatoms. The van der Waals surface area contributed by atoms with Crippen LogP contribution in [0.15, 0.2) is 85.1 Å². The standard InChI is InChI=1S/C75H132O6/c1-4-7-10-13-16-19-22-25-27-29-31-33-35-37-38-39-41-42-44-46-48-50-53-56-59-62-65-68-74(77)80-71-72(70-79-73(76)67-64-61-58-55-52-24-21-18-15-12-9-6-3)81-75(78)69-66-63-60-57-54-51-49-47-45-43-40-36-34-32-30-28-26-23-20-17-14-11-8-5-2/h7,10,16,19,25,27,31,33,37-38,41-42,46,48,72H,4-6,8-9,11-15,17-18,20-24,26,28-30,32,34-36,39-40,43-45,47,49-71H2,1-3H3/b10-7-,19-16-,27-25-,33-31-,38-37-,42-41-,48-46-. The first-order valence-corrected chi connectivity index (χ1v) is 35.1. The van der Waals surface area contributed by atoms with Gasteiger partial charge >= 0.3 is 17.9 Å². The minimum Gasteiger partial charge on any atom is -0.462 e. The van der Waals surface area contributed by atoms with Crippen molar-refractivity contribution in [2.45, 2.75) is 361 Å². The number of allylic oxidation sites excluding steroid dienone is 14. The normalized spacial score (nSPS) is 12.6. The molecule has 0 bridgehead atoms. The SMILES string of the molecule is CC/C=C\C/C=C\C/C=C\C/C=C\C/C=C\C/C=C\C/C=C\CCCCCCCC(=O)OCC(COC(=O)CCCCCCCCCCCCCC)OC(=O)CCCCCCCCCCCCCCCCCCCCCCCCCC. The van der Waals surface area contributed by atoms with E-state index in [2.05, 4.69) is 106 Å². The number of esters is 3. The lowest BCUT2D eigenvalue weighted by molar-refractivity contribution is -0.167. The van der Waals surface area contributed by atoms with Crippen LogP contribution in [0.2, 0.25) is 0 Å². The Hall–Kier alpha value is -3.41. The molecule has 0 fully saturated rings. The highest BCUT2D eigenvalue weighted by Gasteiger charge is 2.19. The van der Waals surface area contributed by atoms with E-state index in [0.717, 1.165) is 122 Å². The molecule has 0 radical (unpaired) electrons. The maximum absolute atomic E-state index is 12.9.